The van der Waals surface area contributed by atoms with Crippen molar-refractivity contribution in [3.63, 3.8) is 0 Å². The van der Waals surface area contributed by atoms with Crippen molar-refractivity contribution in [1.29, 1.82) is 0 Å². The maximum absolute atomic E-state index is 13.2. The molecule has 0 unspecified atom stereocenters. The first-order valence-electron chi connectivity index (χ1n) is 11.6. The van der Waals surface area contributed by atoms with E-state index >= 15 is 0 Å². The summed E-state index contributed by atoms with van der Waals surface area (Å²) in [6.07, 6.45) is 4.08. The van der Waals surface area contributed by atoms with E-state index in [1.165, 1.54) is 11.1 Å². The molecule has 5 heteroatoms. The lowest BCUT2D eigenvalue weighted by Gasteiger charge is -2.37. The molecular formula is C27H33N3O2. The van der Waals surface area contributed by atoms with Crippen LogP contribution in [0.3, 0.4) is 0 Å². The summed E-state index contributed by atoms with van der Waals surface area (Å²) in [5, 5.41) is 0. The monoisotopic (exact) mass is 431 g/mol. The minimum Gasteiger partial charge on any atom is -0.340 e. The van der Waals surface area contributed by atoms with E-state index in [0.29, 0.717) is 12.3 Å². The average Bonchev–Trinajstić information content (AvgIpc) is 2.80. The van der Waals surface area contributed by atoms with Gasteiger partial charge < -0.3 is 9.80 Å². The number of rotatable bonds is 5. The largest absolute Gasteiger partial charge is 0.340 e. The van der Waals surface area contributed by atoms with E-state index in [0.717, 1.165) is 43.9 Å². The Kier molecular flexibility index (Phi) is 6.75. The van der Waals surface area contributed by atoms with Crippen LogP contribution in [-0.2, 0) is 16.1 Å². The van der Waals surface area contributed by atoms with Gasteiger partial charge in [-0.15, -0.1) is 0 Å². The highest BCUT2D eigenvalue weighted by Gasteiger charge is 2.31. The van der Waals surface area contributed by atoms with Gasteiger partial charge in [-0.3, -0.25) is 14.5 Å². The average molecular weight is 432 g/mol. The number of hydrogen-bond donors (Lipinski definition) is 0. The third kappa shape index (κ3) is 4.94. The number of hydrogen-bond acceptors (Lipinski definition) is 3. The molecule has 1 fully saturated rings. The quantitative estimate of drug-likeness (QED) is 0.704. The van der Waals surface area contributed by atoms with E-state index in [-0.39, 0.29) is 17.9 Å². The Morgan fingerprint density at radius 3 is 2.31 bits per heavy atom. The summed E-state index contributed by atoms with van der Waals surface area (Å²) in [5.41, 5.74) is 4.80. The Hall–Kier alpha value is -2.92. The second-order valence-electron chi connectivity index (χ2n) is 9.14. The first-order chi connectivity index (χ1) is 15.4. The molecule has 168 valence electrons. The van der Waals surface area contributed by atoms with Crippen LogP contribution in [0.4, 0.5) is 0 Å². The third-order valence-corrected chi connectivity index (χ3v) is 6.61. The zero-order valence-corrected chi connectivity index (χ0v) is 19.3. The predicted molar refractivity (Wildman–Crippen MR) is 128 cm³/mol. The molecule has 2 aliphatic rings. The summed E-state index contributed by atoms with van der Waals surface area (Å²) in [7, 11) is 0. The molecule has 2 aliphatic heterocycles. The van der Waals surface area contributed by atoms with Crippen LogP contribution in [-0.4, -0.2) is 52.7 Å². The topological polar surface area (TPSA) is 43.9 Å². The molecule has 0 bridgehead atoms. The van der Waals surface area contributed by atoms with Gasteiger partial charge in [0.05, 0.1) is 12.5 Å². The van der Waals surface area contributed by atoms with Crippen molar-refractivity contribution < 1.29 is 9.59 Å². The van der Waals surface area contributed by atoms with Crippen molar-refractivity contribution in [3.05, 3.63) is 77.0 Å². The van der Waals surface area contributed by atoms with Gasteiger partial charge in [-0.05, 0) is 34.2 Å². The number of carbonyl (C=O) groups excluding carboxylic acids is 2. The van der Waals surface area contributed by atoms with Gasteiger partial charge in [-0.1, -0.05) is 62.4 Å². The summed E-state index contributed by atoms with van der Waals surface area (Å²) in [6.45, 7) is 10.1. The summed E-state index contributed by atoms with van der Waals surface area (Å²) in [6, 6.07) is 16.7. The molecule has 0 aliphatic carbocycles. The van der Waals surface area contributed by atoms with Crippen LogP contribution in [0.15, 0.2) is 54.7 Å². The second-order valence-corrected chi connectivity index (χ2v) is 9.14. The second kappa shape index (κ2) is 9.70. The van der Waals surface area contributed by atoms with Gasteiger partial charge >= 0.3 is 0 Å². The van der Waals surface area contributed by atoms with Crippen LogP contribution in [0.1, 0.15) is 61.4 Å². The molecule has 2 amide bonds. The van der Waals surface area contributed by atoms with Crippen LogP contribution in [0.25, 0.3) is 6.08 Å². The first kappa shape index (κ1) is 22.3. The maximum Gasteiger partial charge on any atom is 0.225 e. The van der Waals surface area contributed by atoms with Gasteiger partial charge in [-0.2, -0.15) is 0 Å². The molecule has 32 heavy (non-hydrogen) atoms. The molecule has 0 radical (unpaired) electrons. The summed E-state index contributed by atoms with van der Waals surface area (Å²) >= 11 is 0. The highest BCUT2D eigenvalue weighted by Crippen LogP contribution is 2.33. The standard InChI is InChI=1S/C27H33N3O2/c1-20(2)23-10-8-22(9-11-23)19-28-14-16-29(17-15-28)27(32)18-26-25-7-5-4-6-24(25)12-13-30(26)21(3)31/h4-13,20,26H,14-19H2,1-3H3/t26-/m0/s1. The summed E-state index contributed by atoms with van der Waals surface area (Å²) in [4.78, 5) is 31.4. The number of benzene rings is 2. The van der Waals surface area contributed by atoms with Crippen LogP contribution in [0.5, 0.6) is 0 Å². The van der Waals surface area contributed by atoms with Gasteiger partial charge in [0.1, 0.15) is 0 Å². The van der Waals surface area contributed by atoms with E-state index < -0.39 is 0 Å². The highest BCUT2D eigenvalue weighted by molar-refractivity contribution is 5.82. The Labute approximate surface area is 191 Å². The van der Waals surface area contributed by atoms with Crippen molar-refractivity contribution in [2.45, 2.75) is 45.7 Å². The zero-order valence-electron chi connectivity index (χ0n) is 19.3. The normalized spacial score (nSPS) is 18.7. The fraction of sp³-hybridized carbons (Fsp3) is 0.407. The lowest BCUT2D eigenvalue weighted by molar-refractivity contribution is -0.136. The molecule has 2 aromatic carbocycles. The van der Waals surface area contributed by atoms with Crippen molar-refractivity contribution in [1.82, 2.24) is 14.7 Å². The number of fused-ring (bicyclic) bond motifs is 1. The van der Waals surface area contributed by atoms with Crippen LogP contribution in [0, 0.1) is 0 Å². The van der Waals surface area contributed by atoms with E-state index in [4.69, 9.17) is 0 Å². The number of piperazine rings is 1. The third-order valence-electron chi connectivity index (χ3n) is 6.61. The van der Waals surface area contributed by atoms with Gasteiger partial charge in [0.25, 0.3) is 0 Å². The molecule has 1 atom stereocenters. The summed E-state index contributed by atoms with van der Waals surface area (Å²) in [5.74, 6) is 0.623. The molecular weight excluding hydrogens is 398 g/mol. The smallest absolute Gasteiger partial charge is 0.225 e. The number of nitrogens with zero attached hydrogens (tertiary/aromatic N) is 3. The fourth-order valence-electron chi connectivity index (χ4n) is 4.63. The highest BCUT2D eigenvalue weighted by atomic mass is 16.2. The van der Waals surface area contributed by atoms with Gasteiger partial charge in [-0.25, -0.2) is 0 Å². The van der Waals surface area contributed by atoms with Crippen molar-refractivity contribution in [2.24, 2.45) is 0 Å². The van der Waals surface area contributed by atoms with Crippen molar-refractivity contribution in [2.75, 3.05) is 26.2 Å². The van der Waals surface area contributed by atoms with E-state index in [9.17, 15) is 9.59 Å². The Morgan fingerprint density at radius 1 is 0.969 bits per heavy atom. The number of amides is 2. The minimum atomic E-state index is -0.237. The fourth-order valence-corrected chi connectivity index (χ4v) is 4.63. The van der Waals surface area contributed by atoms with Crippen LogP contribution >= 0.6 is 0 Å². The Morgan fingerprint density at radius 2 is 1.66 bits per heavy atom. The first-order valence-corrected chi connectivity index (χ1v) is 11.6. The minimum absolute atomic E-state index is 0.0399. The molecule has 0 saturated carbocycles. The van der Waals surface area contributed by atoms with Crippen molar-refractivity contribution in [3.8, 4) is 0 Å². The SMILES string of the molecule is CC(=O)N1C=Cc2ccccc2[C@@H]1CC(=O)N1CCN(Cc2ccc(C(C)C)cc2)CC1. The number of carbonyl (C=O) groups is 2. The predicted octanol–water partition coefficient (Wildman–Crippen LogP) is 4.42. The van der Waals surface area contributed by atoms with Crippen LogP contribution in [0.2, 0.25) is 0 Å². The molecule has 0 aromatic heterocycles. The van der Waals surface area contributed by atoms with Crippen molar-refractivity contribution >= 4 is 17.9 Å². The molecule has 2 heterocycles. The Balaban J connectivity index is 1.35. The molecule has 0 N–H and O–H groups in total. The van der Waals surface area contributed by atoms with E-state index in [2.05, 4.69) is 43.0 Å². The molecule has 5 nitrogen and oxygen atoms in total. The molecule has 4 rings (SSSR count). The molecule has 1 saturated heterocycles. The van der Waals surface area contributed by atoms with Gasteiger partial charge in [0.2, 0.25) is 11.8 Å². The molecule has 0 spiro atoms. The van der Waals surface area contributed by atoms with Gasteiger partial charge in [0, 0.05) is 45.8 Å². The lowest BCUT2D eigenvalue weighted by Crippen LogP contribution is -2.49. The van der Waals surface area contributed by atoms with Gasteiger partial charge in [0.15, 0.2) is 0 Å². The zero-order chi connectivity index (χ0) is 22.7. The van der Waals surface area contributed by atoms with Crippen LogP contribution < -0.4 is 0 Å². The lowest BCUT2D eigenvalue weighted by atomic mass is 9.93. The molecule has 2 aromatic rings. The maximum atomic E-state index is 13.2. The Bertz CT molecular complexity index is 988. The van der Waals surface area contributed by atoms with E-state index in [1.807, 2.05) is 41.4 Å². The summed E-state index contributed by atoms with van der Waals surface area (Å²) < 4.78 is 0. The van der Waals surface area contributed by atoms with E-state index in [1.54, 1.807) is 11.8 Å².